The molecule has 0 saturated heterocycles. The Morgan fingerprint density at radius 3 is 3.00 bits per heavy atom. The van der Waals surface area contributed by atoms with Crippen LogP contribution in [0.15, 0.2) is 28.7 Å². The molecule has 0 aliphatic rings. The summed E-state index contributed by atoms with van der Waals surface area (Å²) in [5, 5.41) is 0. The van der Waals surface area contributed by atoms with Crippen LogP contribution in [0.1, 0.15) is 2.74 Å². The van der Waals surface area contributed by atoms with Gasteiger partial charge in [-0.25, -0.2) is 0 Å². The Morgan fingerprint density at radius 1 is 1.56 bits per heavy atom. The fourth-order valence-corrected chi connectivity index (χ4v) is 0.919. The number of para-hydroxylation sites is 1. The zero-order chi connectivity index (χ0) is 8.27. The zero-order valence-electron chi connectivity index (χ0n) is 6.67. The van der Waals surface area contributed by atoms with Gasteiger partial charge in [0, 0.05) is 0 Å². The lowest BCUT2D eigenvalue weighted by Gasteiger charge is -1.99. The average Bonchev–Trinajstić information content (AvgIpc) is 1.93. The molecule has 0 amide bonds. The summed E-state index contributed by atoms with van der Waals surface area (Å²) in [7, 11) is -1.27. The second-order valence-electron chi connectivity index (χ2n) is 1.55. The third-order valence-electron chi connectivity index (χ3n) is 0.964. The smallest absolute Gasteiger partial charge is 0.133 e. The van der Waals surface area contributed by atoms with Gasteiger partial charge in [-0.15, -0.1) is 0 Å². The van der Waals surface area contributed by atoms with E-state index < -0.39 is 7.06 Å². The lowest BCUT2D eigenvalue weighted by Crippen LogP contribution is -1.81. The highest BCUT2D eigenvalue weighted by atomic mass is 79.9. The predicted molar refractivity (Wildman–Crippen MR) is 40.7 cm³/mol. The summed E-state index contributed by atoms with van der Waals surface area (Å²) in [5.74, 6) is 0.530. The lowest BCUT2D eigenvalue weighted by molar-refractivity contribution is 0.412. The first-order valence-corrected chi connectivity index (χ1v) is 3.25. The van der Waals surface area contributed by atoms with Gasteiger partial charge in [-0.1, -0.05) is 12.1 Å². The van der Waals surface area contributed by atoms with Crippen LogP contribution in [-0.2, 0) is 0 Å². The average molecular weight is 189 g/mol. The van der Waals surface area contributed by atoms with Gasteiger partial charge in [0.15, 0.2) is 0 Å². The van der Waals surface area contributed by atoms with Crippen LogP contribution in [0.3, 0.4) is 0 Å². The van der Waals surface area contributed by atoms with E-state index in [9.17, 15) is 0 Å². The minimum Gasteiger partial charge on any atom is -0.496 e. The van der Waals surface area contributed by atoms with Crippen LogP contribution >= 0.6 is 15.9 Å². The van der Waals surface area contributed by atoms with Gasteiger partial charge < -0.3 is 4.74 Å². The normalized spacial score (nSPS) is 12.7. The summed E-state index contributed by atoms with van der Waals surface area (Å²) in [4.78, 5) is 0. The minimum absolute atomic E-state index is 0.530. The van der Waals surface area contributed by atoms with Crippen LogP contribution in [-0.4, -0.2) is 7.06 Å². The van der Waals surface area contributed by atoms with E-state index in [4.69, 9.17) is 7.48 Å². The highest BCUT2D eigenvalue weighted by Gasteiger charge is 1.92. The lowest BCUT2D eigenvalue weighted by atomic mass is 10.3. The fourth-order valence-electron chi connectivity index (χ4n) is 0.540. The van der Waals surface area contributed by atoms with Crippen LogP contribution in [0.25, 0.3) is 0 Å². The van der Waals surface area contributed by atoms with Gasteiger partial charge in [0.2, 0.25) is 0 Å². The van der Waals surface area contributed by atoms with E-state index in [1.54, 1.807) is 18.2 Å². The first-order chi connectivity index (χ1) is 5.20. The topological polar surface area (TPSA) is 9.23 Å². The van der Waals surface area contributed by atoms with Crippen molar-refractivity contribution in [1.82, 2.24) is 0 Å². The van der Waals surface area contributed by atoms with E-state index in [1.807, 2.05) is 6.07 Å². The van der Waals surface area contributed by atoms with Crippen molar-refractivity contribution in [3.8, 4) is 5.75 Å². The Morgan fingerprint density at radius 2 is 2.33 bits per heavy atom. The molecule has 9 heavy (non-hydrogen) atoms. The second-order valence-corrected chi connectivity index (χ2v) is 2.40. The van der Waals surface area contributed by atoms with Crippen molar-refractivity contribution in [1.29, 1.82) is 0 Å². The molecule has 0 unspecified atom stereocenters. The number of hydrogen-bond acceptors (Lipinski definition) is 1. The van der Waals surface area contributed by atoms with Gasteiger partial charge in [0.1, 0.15) is 5.75 Å². The monoisotopic (exact) mass is 188 g/mol. The van der Waals surface area contributed by atoms with Crippen molar-refractivity contribution in [2.75, 3.05) is 7.06 Å². The molecule has 0 N–H and O–H groups in total. The Bertz CT molecular complexity index is 240. The van der Waals surface area contributed by atoms with Gasteiger partial charge >= 0.3 is 0 Å². The Hall–Kier alpha value is -0.500. The number of methoxy groups -OCH3 is 1. The molecule has 0 spiro atoms. The molecule has 0 saturated carbocycles. The highest BCUT2D eigenvalue weighted by Crippen LogP contribution is 2.22. The van der Waals surface area contributed by atoms with Crippen LogP contribution < -0.4 is 4.74 Å². The zero-order valence-corrected chi connectivity index (χ0v) is 6.26. The fraction of sp³-hybridized carbons (Fsp3) is 0.143. The van der Waals surface area contributed by atoms with E-state index in [2.05, 4.69) is 15.9 Å². The Labute approximate surface area is 65.6 Å². The van der Waals surface area contributed by atoms with Crippen molar-refractivity contribution in [3.63, 3.8) is 0 Å². The molecule has 48 valence electrons. The molecule has 0 aliphatic heterocycles. The van der Waals surface area contributed by atoms with Crippen LogP contribution in [0.4, 0.5) is 0 Å². The molecule has 0 heterocycles. The van der Waals surface area contributed by atoms with Crippen LogP contribution in [0.2, 0.25) is 0 Å². The van der Waals surface area contributed by atoms with Crippen molar-refractivity contribution in [2.45, 2.75) is 0 Å². The van der Waals surface area contributed by atoms with Crippen LogP contribution in [0, 0.1) is 0 Å². The van der Waals surface area contributed by atoms with E-state index >= 15 is 0 Å². The first-order valence-electron chi connectivity index (χ1n) is 3.61. The molecule has 1 rings (SSSR count). The third-order valence-corrected chi connectivity index (χ3v) is 1.62. The quantitative estimate of drug-likeness (QED) is 0.659. The van der Waals surface area contributed by atoms with Crippen molar-refractivity contribution >= 4 is 15.9 Å². The summed E-state index contributed by atoms with van der Waals surface area (Å²) in [5.41, 5.74) is 0. The molecule has 0 bridgehead atoms. The van der Waals surface area contributed by atoms with E-state index in [1.165, 1.54) is 0 Å². The van der Waals surface area contributed by atoms with E-state index in [0.717, 1.165) is 4.47 Å². The molecule has 0 aliphatic carbocycles. The third kappa shape index (κ3) is 1.45. The van der Waals surface area contributed by atoms with Gasteiger partial charge in [-0.3, -0.25) is 0 Å². The molecule has 2 heteroatoms. The summed E-state index contributed by atoms with van der Waals surface area (Å²) in [6.45, 7) is 0. The summed E-state index contributed by atoms with van der Waals surface area (Å²) in [6.07, 6.45) is 0. The van der Waals surface area contributed by atoms with Gasteiger partial charge in [-0.2, -0.15) is 0 Å². The van der Waals surface area contributed by atoms with E-state index in [0.29, 0.717) is 5.75 Å². The van der Waals surface area contributed by atoms with E-state index in [-0.39, 0.29) is 0 Å². The van der Waals surface area contributed by atoms with Crippen molar-refractivity contribution in [2.24, 2.45) is 0 Å². The Kier molecular flexibility index (Phi) is 1.38. The summed E-state index contributed by atoms with van der Waals surface area (Å²) >= 11 is 3.23. The van der Waals surface area contributed by atoms with Crippen molar-refractivity contribution in [3.05, 3.63) is 28.7 Å². The van der Waals surface area contributed by atoms with Gasteiger partial charge in [-0.05, 0) is 28.1 Å². The highest BCUT2D eigenvalue weighted by molar-refractivity contribution is 9.10. The maximum Gasteiger partial charge on any atom is 0.133 e. The summed E-state index contributed by atoms with van der Waals surface area (Å²) in [6, 6.07) is 7.15. The number of rotatable bonds is 1. The number of ether oxygens (including phenoxy) is 1. The van der Waals surface area contributed by atoms with Gasteiger partial charge in [0.05, 0.1) is 14.3 Å². The molecule has 0 aromatic heterocycles. The molecule has 1 aromatic rings. The molecule has 1 aromatic carbocycles. The predicted octanol–water partition coefficient (Wildman–Crippen LogP) is 2.46. The minimum atomic E-state index is -1.27. The van der Waals surface area contributed by atoms with Crippen LogP contribution in [0.5, 0.6) is 5.75 Å². The number of halogens is 1. The summed E-state index contributed by atoms with van der Waals surface area (Å²) < 4.78 is 19.3. The second kappa shape index (κ2) is 2.87. The standard InChI is InChI=1S/C7H7BrO/c1-9-7-5-3-2-4-6(7)8/h2-5H,1H3/i1D2. The molecule has 1 nitrogen and oxygen atoms in total. The van der Waals surface area contributed by atoms with Crippen molar-refractivity contribution < 1.29 is 7.48 Å². The maximum atomic E-state index is 6.84. The number of benzene rings is 1. The first kappa shape index (κ1) is 4.34. The van der Waals surface area contributed by atoms with Gasteiger partial charge in [0.25, 0.3) is 0 Å². The molecular weight excluding hydrogens is 180 g/mol. The number of hydrogen-bond donors (Lipinski definition) is 0. The SMILES string of the molecule is [2H]C([2H])Oc1ccccc1Br. The molecule has 0 fully saturated rings. The molecule has 0 radical (unpaired) electrons. The Balaban J connectivity index is 2.78. The largest absolute Gasteiger partial charge is 0.496 e. The maximum absolute atomic E-state index is 6.84. The molecular formula is C7H7BrO. The molecule has 0 atom stereocenters.